The molecule has 0 amide bonds. The van der Waals surface area contributed by atoms with Gasteiger partial charge < -0.3 is 10.1 Å². The summed E-state index contributed by atoms with van der Waals surface area (Å²) >= 11 is 0. The summed E-state index contributed by atoms with van der Waals surface area (Å²) in [6.45, 7) is 8.43. The van der Waals surface area contributed by atoms with Gasteiger partial charge in [-0.15, -0.1) is 0 Å². The molecule has 0 spiro atoms. The largest absolute Gasteiger partial charge is 0.455 e. The zero-order chi connectivity index (χ0) is 16.5. The average Bonchev–Trinajstić information content (AvgIpc) is 2.87. The highest BCUT2D eigenvalue weighted by molar-refractivity contribution is 5.75. The molecule has 1 aliphatic heterocycles. The second-order valence-corrected chi connectivity index (χ2v) is 6.87. The van der Waals surface area contributed by atoms with Crippen molar-refractivity contribution in [3.8, 4) is 0 Å². The maximum absolute atomic E-state index is 12.2. The van der Waals surface area contributed by atoms with Crippen molar-refractivity contribution in [2.75, 3.05) is 13.1 Å². The zero-order valence-electron chi connectivity index (χ0n) is 13.3. The fourth-order valence-electron chi connectivity index (χ4n) is 2.47. The number of ether oxygens (including phenoxy) is 1. The third-order valence-electron chi connectivity index (χ3n) is 3.83. The Labute approximate surface area is 129 Å². The fourth-order valence-corrected chi connectivity index (χ4v) is 2.47. The first-order valence-electron chi connectivity index (χ1n) is 7.26. The summed E-state index contributed by atoms with van der Waals surface area (Å²) in [7, 11) is 0. The van der Waals surface area contributed by atoms with Crippen molar-refractivity contribution in [1.29, 1.82) is 0 Å². The van der Waals surface area contributed by atoms with Crippen LogP contribution in [0, 0.1) is 15.5 Å². The number of piperidine rings is 1. The molecule has 0 radical (unpaired) electrons. The van der Waals surface area contributed by atoms with E-state index in [-0.39, 0.29) is 17.7 Å². The van der Waals surface area contributed by atoms with E-state index < -0.39 is 15.9 Å². The minimum absolute atomic E-state index is 0.0666. The van der Waals surface area contributed by atoms with E-state index in [4.69, 9.17) is 4.74 Å². The minimum Gasteiger partial charge on any atom is -0.455 e. The first kappa shape index (κ1) is 16.4. The molecule has 22 heavy (non-hydrogen) atoms. The predicted octanol–water partition coefficient (Wildman–Crippen LogP) is 1.67. The number of hydrogen-bond donors (Lipinski definition) is 1. The van der Waals surface area contributed by atoms with Gasteiger partial charge in [-0.1, -0.05) is 0 Å². The van der Waals surface area contributed by atoms with Gasteiger partial charge in [0.05, 0.1) is 16.4 Å². The summed E-state index contributed by atoms with van der Waals surface area (Å²) in [4.78, 5) is 22.6. The summed E-state index contributed by atoms with van der Waals surface area (Å²) in [6.07, 6.45) is 3.28. The minimum atomic E-state index is -0.803. The van der Waals surface area contributed by atoms with E-state index in [0.29, 0.717) is 13.0 Å². The fraction of sp³-hybridized carbons (Fsp3) is 0.714. The second kappa shape index (κ2) is 5.68. The molecule has 0 aromatic carbocycles. The zero-order valence-corrected chi connectivity index (χ0v) is 13.3. The highest BCUT2D eigenvalue weighted by Gasteiger charge is 2.44. The molecule has 122 valence electrons. The number of aromatic nitrogens is 2. The molecule has 8 heteroatoms. The lowest BCUT2D eigenvalue weighted by molar-refractivity contribution is -0.385. The smallest absolute Gasteiger partial charge is 0.311 e. The lowest BCUT2D eigenvalue weighted by Crippen LogP contribution is -2.54. The highest BCUT2D eigenvalue weighted by Crippen LogP contribution is 2.34. The Morgan fingerprint density at radius 2 is 2.27 bits per heavy atom. The van der Waals surface area contributed by atoms with Crippen LogP contribution >= 0.6 is 0 Å². The Morgan fingerprint density at radius 1 is 1.59 bits per heavy atom. The van der Waals surface area contributed by atoms with Gasteiger partial charge in [-0.2, -0.15) is 5.10 Å². The van der Waals surface area contributed by atoms with Crippen molar-refractivity contribution >= 4 is 11.7 Å². The SMILES string of the molecule is CC(C)(C)C(=O)OC1(C)CNCCC1n1cc([N+](=O)[O-])cn1. The van der Waals surface area contributed by atoms with E-state index in [9.17, 15) is 14.9 Å². The molecule has 1 aromatic rings. The number of nitrogens with one attached hydrogen (secondary N) is 1. The Bertz CT molecular complexity index is 578. The van der Waals surface area contributed by atoms with Gasteiger partial charge in [0.25, 0.3) is 0 Å². The maximum Gasteiger partial charge on any atom is 0.311 e. The van der Waals surface area contributed by atoms with Crippen molar-refractivity contribution < 1.29 is 14.5 Å². The lowest BCUT2D eigenvalue weighted by atomic mass is 9.89. The quantitative estimate of drug-likeness (QED) is 0.518. The lowest BCUT2D eigenvalue weighted by Gasteiger charge is -2.42. The molecule has 0 bridgehead atoms. The highest BCUT2D eigenvalue weighted by atomic mass is 16.6. The number of nitro groups is 1. The van der Waals surface area contributed by atoms with E-state index in [1.54, 1.807) is 20.8 Å². The summed E-state index contributed by atoms with van der Waals surface area (Å²) in [5.41, 5.74) is -1.48. The molecule has 2 atom stereocenters. The third kappa shape index (κ3) is 3.27. The van der Waals surface area contributed by atoms with Crippen LogP contribution in [0.4, 0.5) is 5.69 Å². The molecule has 2 unspecified atom stereocenters. The van der Waals surface area contributed by atoms with Gasteiger partial charge in [0.2, 0.25) is 0 Å². The van der Waals surface area contributed by atoms with E-state index in [2.05, 4.69) is 10.4 Å². The van der Waals surface area contributed by atoms with Crippen LogP contribution in [-0.2, 0) is 9.53 Å². The van der Waals surface area contributed by atoms with Crippen molar-refractivity contribution in [3.63, 3.8) is 0 Å². The van der Waals surface area contributed by atoms with Crippen LogP contribution in [0.5, 0.6) is 0 Å². The van der Waals surface area contributed by atoms with Crippen LogP contribution in [0.2, 0.25) is 0 Å². The van der Waals surface area contributed by atoms with Gasteiger partial charge in [0.15, 0.2) is 0 Å². The van der Waals surface area contributed by atoms with Gasteiger partial charge in [-0.05, 0) is 40.7 Å². The van der Waals surface area contributed by atoms with Gasteiger partial charge in [-0.3, -0.25) is 19.6 Å². The van der Waals surface area contributed by atoms with Crippen LogP contribution in [-0.4, -0.2) is 39.4 Å². The van der Waals surface area contributed by atoms with Crippen molar-refractivity contribution in [3.05, 3.63) is 22.5 Å². The Kier molecular flexibility index (Phi) is 4.23. The Morgan fingerprint density at radius 3 is 2.82 bits per heavy atom. The standard InChI is InChI=1S/C14H22N4O4/c1-13(2,3)12(19)22-14(4)9-15-6-5-11(14)17-8-10(7-16-17)18(20)21/h7-8,11,15H,5-6,9H2,1-4H3. The molecule has 2 rings (SSSR count). The van der Waals surface area contributed by atoms with E-state index in [0.717, 1.165) is 6.54 Å². The van der Waals surface area contributed by atoms with E-state index in [1.807, 2.05) is 6.92 Å². The average molecular weight is 310 g/mol. The molecular formula is C14H22N4O4. The number of hydrogen-bond acceptors (Lipinski definition) is 6. The first-order valence-corrected chi connectivity index (χ1v) is 7.26. The molecule has 8 nitrogen and oxygen atoms in total. The molecule has 1 aromatic heterocycles. The monoisotopic (exact) mass is 310 g/mol. The number of carbonyl (C=O) groups excluding carboxylic acids is 1. The topological polar surface area (TPSA) is 99.3 Å². The number of esters is 1. The van der Waals surface area contributed by atoms with Gasteiger partial charge in [0.1, 0.15) is 18.0 Å². The van der Waals surface area contributed by atoms with Crippen molar-refractivity contribution in [2.45, 2.75) is 45.8 Å². The summed E-state index contributed by atoms with van der Waals surface area (Å²) in [5.74, 6) is -0.301. The molecule has 1 saturated heterocycles. The number of carbonyl (C=O) groups is 1. The van der Waals surface area contributed by atoms with Crippen LogP contribution in [0.15, 0.2) is 12.4 Å². The summed E-state index contributed by atoms with van der Waals surface area (Å²) in [5, 5.41) is 18.1. The molecule has 1 N–H and O–H groups in total. The molecule has 1 aliphatic rings. The van der Waals surface area contributed by atoms with Crippen molar-refractivity contribution in [2.24, 2.45) is 5.41 Å². The third-order valence-corrected chi connectivity index (χ3v) is 3.83. The maximum atomic E-state index is 12.2. The predicted molar refractivity (Wildman–Crippen MR) is 79.4 cm³/mol. The van der Waals surface area contributed by atoms with E-state index in [1.165, 1.54) is 17.1 Å². The molecule has 2 heterocycles. The molecule has 0 saturated carbocycles. The number of nitrogens with zero attached hydrogens (tertiary/aromatic N) is 3. The molecular weight excluding hydrogens is 288 g/mol. The van der Waals surface area contributed by atoms with Crippen LogP contribution in [0.3, 0.4) is 0 Å². The van der Waals surface area contributed by atoms with E-state index >= 15 is 0 Å². The van der Waals surface area contributed by atoms with Crippen molar-refractivity contribution in [1.82, 2.24) is 15.1 Å². The summed E-state index contributed by atoms with van der Waals surface area (Å²) in [6, 6.07) is -0.242. The molecule has 0 aliphatic carbocycles. The van der Waals surface area contributed by atoms with Gasteiger partial charge in [0, 0.05) is 6.54 Å². The van der Waals surface area contributed by atoms with Crippen LogP contribution < -0.4 is 5.32 Å². The molecule has 1 fully saturated rings. The number of rotatable bonds is 3. The van der Waals surface area contributed by atoms with Crippen LogP contribution in [0.1, 0.15) is 40.2 Å². The first-order chi connectivity index (χ1) is 10.1. The van der Waals surface area contributed by atoms with Gasteiger partial charge >= 0.3 is 11.7 Å². The second-order valence-electron chi connectivity index (χ2n) is 6.87. The normalized spacial score (nSPS) is 25.7. The van der Waals surface area contributed by atoms with Gasteiger partial charge in [-0.25, -0.2) is 0 Å². The summed E-state index contributed by atoms with van der Waals surface area (Å²) < 4.78 is 7.28. The Balaban J connectivity index is 2.26. The van der Waals surface area contributed by atoms with Crippen LogP contribution in [0.25, 0.3) is 0 Å². The Hall–Kier alpha value is -1.96.